The molecule has 3 N–H and O–H groups in total. The topological polar surface area (TPSA) is 153 Å². The molecule has 0 saturated heterocycles. The van der Waals surface area contributed by atoms with E-state index in [0.29, 0.717) is 0 Å². The van der Waals surface area contributed by atoms with E-state index in [4.69, 9.17) is 9.47 Å². The minimum absolute atomic E-state index is 0.0472. The Kier molecular flexibility index (Phi) is 9.62. The number of nitrogens with zero attached hydrogens (tertiary/aromatic N) is 2. The normalized spacial score (nSPS) is 11.9. The van der Waals surface area contributed by atoms with E-state index in [2.05, 4.69) is 27.5 Å². The number of halogens is 5. The number of rotatable bonds is 8. The van der Waals surface area contributed by atoms with Crippen LogP contribution in [-0.2, 0) is 15.7 Å². The van der Waals surface area contributed by atoms with E-state index in [1.54, 1.807) is 20.8 Å². The number of aromatic nitrogens is 1. The fourth-order valence-electron chi connectivity index (χ4n) is 3.53. The van der Waals surface area contributed by atoms with Crippen molar-refractivity contribution in [2.45, 2.75) is 38.6 Å². The number of carboxylic acid groups (broad SMARTS) is 1. The van der Waals surface area contributed by atoms with E-state index < -0.39 is 80.2 Å². The Labute approximate surface area is 246 Å². The molecule has 0 saturated carbocycles. The minimum atomic E-state index is -5.15. The molecule has 0 bridgehead atoms. The van der Waals surface area contributed by atoms with Crippen LogP contribution in [0, 0.1) is 33.6 Å². The maximum atomic E-state index is 14.7. The van der Waals surface area contributed by atoms with Gasteiger partial charge < -0.3 is 25.2 Å². The molecule has 0 aliphatic rings. The largest absolute Gasteiger partial charge is 0.481 e. The predicted octanol–water partition coefficient (Wildman–Crippen LogP) is 5.91. The summed E-state index contributed by atoms with van der Waals surface area (Å²) in [5.74, 6) is -1.21. The summed E-state index contributed by atoms with van der Waals surface area (Å²) >= 11 is 0. The van der Waals surface area contributed by atoms with E-state index in [0.717, 1.165) is 24.3 Å². The van der Waals surface area contributed by atoms with Gasteiger partial charge in [0.2, 0.25) is 11.7 Å². The molecule has 11 nitrogen and oxygen atoms in total. The number of carbonyl (C=O) groups is 2. The maximum Gasteiger partial charge on any atom is 0.419 e. The van der Waals surface area contributed by atoms with Crippen LogP contribution in [0.15, 0.2) is 42.5 Å². The molecule has 232 valence electrons. The number of pyridine rings is 1. The number of anilines is 3. The number of carbonyl (C=O) groups excluding carboxylic acids is 1. The highest BCUT2D eigenvalue weighted by atomic mass is 19.4. The first-order valence-electron chi connectivity index (χ1n) is 12.3. The lowest BCUT2D eigenvalue weighted by Gasteiger charge is -2.22. The molecular weight excluding hydrogens is 599 g/mol. The number of hydrogen-bond acceptors (Lipinski definition) is 9. The zero-order chi connectivity index (χ0) is 33.0. The van der Waals surface area contributed by atoms with Crippen molar-refractivity contribution in [3.63, 3.8) is 0 Å². The summed E-state index contributed by atoms with van der Waals surface area (Å²) < 4.78 is 78.8. The van der Waals surface area contributed by atoms with Crippen molar-refractivity contribution in [2.24, 2.45) is 0 Å². The Morgan fingerprint density at radius 1 is 1.07 bits per heavy atom. The second-order valence-corrected chi connectivity index (χ2v) is 9.86. The molecule has 3 rings (SSSR count). The fraction of sp³-hybridized carbons (Fsp3) is 0.250. The van der Waals surface area contributed by atoms with E-state index in [9.17, 15) is 46.8 Å². The van der Waals surface area contributed by atoms with Crippen LogP contribution in [0.25, 0.3) is 0 Å². The van der Waals surface area contributed by atoms with Crippen molar-refractivity contribution in [1.29, 1.82) is 0 Å². The van der Waals surface area contributed by atoms with Crippen LogP contribution < -0.4 is 15.4 Å². The summed E-state index contributed by atoms with van der Waals surface area (Å²) in [4.78, 5) is 39.2. The monoisotopic (exact) mass is 622 g/mol. The van der Waals surface area contributed by atoms with E-state index in [-0.39, 0.29) is 23.7 Å². The number of nitrogens with one attached hydrogen (secondary N) is 2. The maximum absolute atomic E-state index is 14.7. The first kappa shape index (κ1) is 33.0. The summed E-state index contributed by atoms with van der Waals surface area (Å²) in [6, 6.07) is 3.95. The Bertz CT molecular complexity index is 1680. The van der Waals surface area contributed by atoms with Crippen LogP contribution in [0.4, 0.5) is 44.8 Å². The van der Waals surface area contributed by atoms with E-state index in [1.807, 2.05) is 0 Å². The summed E-state index contributed by atoms with van der Waals surface area (Å²) in [5.41, 5.74) is -5.38. The molecular formula is C28H23F5N4O7. The van der Waals surface area contributed by atoms with Gasteiger partial charge in [-0.15, -0.1) is 0 Å². The molecule has 1 aromatic heterocycles. The Balaban J connectivity index is 2.06. The van der Waals surface area contributed by atoms with E-state index in [1.165, 1.54) is 13.2 Å². The van der Waals surface area contributed by atoms with Crippen LogP contribution in [0.3, 0.4) is 0 Å². The van der Waals surface area contributed by atoms with Gasteiger partial charge in [-0.3, -0.25) is 10.1 Å². The first-order chi connectivity index (χ1) is 20.4. The number of aromatic carboxylic acids is 1. The number of esters is 1. The fourth-order valence-corrected chi connectivity index (χ4v) is 3.53. The second-order valence-electron chi connectivity index (χ2n) is 9.86. The number of methoxy groups -OCH3 is 1. The Hall–Kier alpha value is -5.46. The van der Waals surface area contributed by atoms with Crippen LogP contribution in [0.5, 0.6) is 5.88 Å². The SMILES string of the molecule is COc1ccc([N+](=O)[O-])c(NC(C#Cc2cc(Nc3cc(C(F)(F)F)c(F)cc3C(=O)O)ccc2F)C(=O)OC(C)(C)C)n1. The molecule has 0 aliphatic carbocycles. The lowest BCUT2D eigenvalue weighted by atomic mass is 10.1. The van der Waals surface area contributed by atoms with Gasteiger partial charge in [-0.2, -0.15) is 18.2 Å². The predicted molar refractivity (Wildman–Crippen MR) is 146 cm³/mol. The molecule has 0 aliphatic heterocycles. The number of hydrogen-bond donors (Lipinski definition) is 3. The molecule has 16 heteroatoms. The average molecular weight is 623 g/mol. The van der Waals surface area contributed by atoms with Crippen LogP contribution >= 0.6 is 0 Å². The van der Waals surface area contributed by atoms with Crippen molar-refractivity contribution in [3.05, 3.63) is 80.9 Å². The molecule has 0 amide bonds. The van der Waals surface area contributed by atoms with Gasteiger partial charge in [-0.25, -0.2) is 18.4 Å². The highest BCUT2D eigenvalue weighted by Crippen LogP contribution is 2.36. The summed E-state index contributed by atoms with van der Waals surface area (Å²) in [5, 5.41) is 25.8. The Morgan fingerprint density at radius 3 is 2.32 bits per heavy atom. The molecule has 44 heavy (non-hydrogen) atoms. The van der Waals surface area contributed by atoms with Crippen LogP contribution in [-0.4, -0.2) is 45.7 Å². The third kappa shape index (κ3) is 8.31. The zero-order valence-corrected chi connectivity index (χ0v) is 23.3. The Morgan fingerprint density at radius 2 is 1.75 bits per heavy atom. The zero-order valence-electron chi connectivity index (χ0n) is 23.3. The van der Waals surface area contributed by atoms with Crippen LogP contribution in [0.1, 0.15) is 42.3 Å². The van der Waals surface area contributed by atoms with Crippen molar-refractivity contribution in [3.8, 4) is 17.7 Å². The third-order valence-corrected chi connectivity index (χ3v) is 5.42. The standard InChI is InChI=1S/C28H23F5N4O7/c1-27(2,3)44-26(40)20(35-24-22(37(41)42)9-10-23(36-24)43-4)8-5-14-11-15(6-7-18(14)29)34-21-13-17(28(31,32)33)19(30)12-16(21)25(38)39/h6-7,9-13,20,34H,1-4H3,(H,35,36)(H,38,39). The van der Waals surface area contributed by atoms with Gasteiger partial charge in [0.15, 0.2) is 6.04 Å². The summed E-state index contributed by atoms with van der Waals surface area (Å²) in [6.45, 7) is 4.63. The van der Waals surface area contributed by atoms with Crippen LogP contribution in [0.2, 0.25) is 0 Å². The quantitative estimate of drug-likeness (QED) is 0.0909. The number of alkyl halides is 3. The van der Waals surface area contributed by atoms with Gasteiger partial charge in [0.25, 0.3) is 0 Å². The van der Waals surface area contributed by atoms with Gasteiger partial charge in [-0.05, 0) is 51.1 Å². The summed E-state index contributed by atoms with van der Waals surface area (Å²) in [7, 11) is 1.25. The molecule has 0 spiro atoms. The van der Waals surface area contributed by atoms with Gasteiger partial charge in [-0.1, -0.05) is 11.8 Å². The summed E-state index contributed by atoms with van der Waals surface area (Å²) in [6.07, 6.45) is -5.15. The molecule has 0 radical (unpaired) electrons. The van der Waals surface area contributed by atoms with Gasteiger partial charge in [0, 0.05) is 17.8 Å². The van der Waals surface area contributed by atoms with E-state index >= 15 is 0 Å². The smallest absolute Gasteiger partial charge is 0.419 e. The van der Waals surface area contributed by atoms with Crippen molar-refractivity contribution in [1.82, 2.24) is 4.98 Å². The number of ether oxygens (including phenoxy) is 2. The highest BCUT2D eigenvalue weighted by molar-refractivity contribution is 5.95. The number of benzene rings is 2. The van der Waals surface area contributed by atoms with Crippen molar-refractivity contribution >= 4 is 34.8 Å². The van der Waals surface area contributed by atoms with Crippen molar-refractivity contribution < 1.29 is 51.0 Å². The number of nitro groups is 1. The van der Waals surface area contributed by atoms with Gasteiger partial charge in [0.05, 0.1) is 34.4 Å². The molecule has 0 fully saturated rings. The second kappa shape index (κ2) is 12.8. The molecule has 1 unspecified atom stereocenters. The molecule has 3 aromatic rings. The average Bonchev–Trinajstić information content (AvgIpc) is 2.91. The highest BCUT2D eigenvalue weighted by Gasteiger charge is 2.35. The minimum Gasteiger partial charge on any atom is -0.481 e. The number of carboxylic acids is 1. The van der Waals surface area contributed by atoms with Gasteiger partial charge >= 0.3 is 23.8 Å². The van der Waals surface area contributed by atoms with Crippen molar-refractivity contribution in [2.75, 3.05) is 17.7 Å². The lowest BCUT2D eigenvalue weighted by Crippen LogP contribution is -2.36. The third-order valence-electron chi connectivity index (χ3n) is 5.42. The molecule has 1 heterocycles. The lowest BCUT2D eigenvalue weighted by molar-refractivity contribution is -0.384. The van der Waals surface area contributed by atoms with Gasteiger partial charge in [0.1, 0.15) is 17.2 Å². The molecule has 1 atom stereocenters. The first-order valence-corrected chi connectivity index (χ1v) is 12.3. The molecule has 2 aromatic carbocycles.